The van der Waals surface area contributed by atoms with Gasteiger partial charge in [0, 0.05) is 12.7 Å². The molecule has 1 saturated heterocycles. The molecule has 1 aromatic heterocycles. The molecule has 5 heteroatoms. The number of aromatic nitrogens is 1. The summed E-state index contributed by atoms with van der Waals surface area (Å²) in [6.07, 6.45) is 1.73. The van der Waals surface area contributed by atoms with Gasteiger partial charge in [-0.1, -0.05) is 11.6 Å². The number of hydrogen-bond donors (Lipinski definition) is 2. The smallest absolute Gasteiger partial charge is 0.151 e. The van der Waals surface area contributed by atoms with Crippen LogP contribution in [-0.4, -0.2) is 24.7 Å². The van der Waals surface area contributed by atoms with Crippen molar-refractivity contribution in [1.82, 2.24) is 10.3 Å². The van der Waals surface area contributed by atoms with Gasteiger partial charge in [-0.05, 0) is 11.6 Å². The molecule has 2 rings (SSSR count). The maximum Gasteiger partial charge on any atom is 0.151 e. The lowest BCUT2D eigenvalue weighted by Gasteiger charge is -2.24. The second-order valence-electron chi connectivity index (χ2n) is 3.23. The van der Waals surface area contributed by atoms with E-state index < -0.39 is 0 Å². The highest BCUT2D eigenvalue weighted by Gasteiger charge is 2.16. The number of rotatable bonds is 1. The fourth-order valence-corrected chi connectivity index (χ4v) is 1.56. The molecule has 1 aromatic rings. The number of nitrogen functional groups attached to an aromatic ring is 1. The molecule has 0 amide bonds. The van der Waals surface area contributed by atoms with Gasteiger partial charge in [-0.2, -0.15) is 0 Å². The zero-order valence-corrected chi connectivity index (χ0v) is 8.42. The van der Waals surface area contributed by atoms with E-state index in [1.54, 1.807) is 6.20 Å². The van der Waals surface area contributed by atoms with Crippen LogP contribution in [-0.2, 0) is 4.74 Å². The van der Waals surface area contributed by atoms with Crippen LogP contribution in [0.1, 0.15) is 11.6 Å². The van der Waals surface area contributed by atoms with E-state index >= 15 is 0 Å². The van der Waals surface area contributed by atoms with Crippen molar-refractivity contribution in [3.8, 4) is 0 Å². The molecule has 1 aliphatic heterocycles. The van der Waals surface area contributed by atoms with E-state index in [-0.39, 0.29) is 6.04 Å². The summed E-state index contributed by atoms with van der Waals surface area (Å²) in [5.41, 5.74) is 7.19. The number of morpholine rings is 1. The van der Waals surface area contributed by atoms with Crippen LogP contribution in [0.25, 0.3) is 0 Å². The molecule has 76 valence electrons. The monoisotopic (exact) mass is 213 g/mol. The summed E-state index contributed by atoms with van der Waals surface area (Å²) in [6, 6.07) is 2.01. The number of halogens is 1. The van der Waals surface area contributed by atoms with Gasteiger partial charge in [-0.25, -0.2) is 4.98 Å². The number of anilines is 1. The molecule has 3 N–H and O–H groups in total. The third-order valence-corrected chi connectivity index (χ3v) is 2.53. The molecule has 1 aliphatic rings. The van der Waals surface area contributed by atoms with Crippen LogP contribution >= 0.6 is 11.6 Å². The Bertz CT molecular complexity index is 326. The van der Waals surface area contributed by atoms with Gasteiger partial charge in [0.25, 0.3) is 0 Å². The van der Waals surface area contributed by atoms with E-state index in [1.807, 2.05) is 6.07 Å². The minimum atomic E-state index is 0.177. The molecule has 1 fully saturated rings. The van der Waals surface area contributed by atoms with Crippen LogP contribution in [0.2, 0.25) is 5.15 Å². The van der Waals surface area contributed by atoms with Gasteiger partial charge in [0.1, 0.15) is 0 Å². The predicted molar refractivity (Wildman–Crippen MR) is 55.2 cm³/mol. The lowest BCUT2D eigenvalue weighted by atomic mass is 10.1. The van der Waals surface area contributed by atoms with Gasteiger partial charge >= 0.3 is 0 Å². The minimum absolute atomic E-state index is 0.177. The van der Waals surface area contributed by atoms with E-state index in [1.165, 1.54) is 0 Å². The molecule has 0 aliphatic carbocycles. The van der Waals surface area contributed by atoms with Crippen LogP contribution in [0.15, 0.2) is 12.3 Å². The summed E-state index contributed by atoms with van der Waals surface area (Å²) in [6.45, 7) is 2.27. The van der Waals surface area contributed by atoms with Crippen molar-refractivity contribution in [2.24, 2.45) is 0 Å². The first kappa shape index (κ1) is 9.71. The third kappa shape index (κ3) is 1.97. The van der Waals surface area contributed by atoms with Gasteiger partial charge in [0.05, 0.1) is 24.9 Å². The van der Waals surface area contributed by atoms with E-state index in [0.29, 0.717) is 17.4 Å². The molecule has 14 heavy (non-hydrogen) atoms. The Labute approximate surface area is 87.4 Å². The van der Waals surface area contributed by atoms with Crippen molar-refractivity contribution in [3.63, 3.8) is 0 Å². The highest BCUT2D eigenvalue weighted by atomic mass is 35.5. The van der Waals surface area contributed by atoms with E-state index in [9.17, 15) is 0 Å². The quantitative estimate of drug-likeness (QED) is 0.683. The number of pyridine rings is 1. The third-order valence-electron chi connectivity index (χ3n) is 2.21. The van der Waals surface area contributed by atoms with Crippen molar-refractivity contribution in [1.29, 1.82) is 0 Å². The molecule has 0 radical (unpaired) electrons. The molecular weight excluding hydrogens is 202 g/mol. The fraction of sp³-hybridized carbons (Fsp3) is 0.444. The lowest BCUT2D eigenvalue weighted by Crippen LogP contribution is -2.34. The van der Waals surface area contributed by atoms with Crippen molar-refractivity contribution in [2.75, 3.05) is 25.5 Å². The standard InChI is InChI=1S/C9H12ClN3O/c10-9-7(11)3-6(4-13-9)8-5-14-2-1-12-8/h3-4,8,12H,1-2,5,11H2/t8-/m1/s1. The summed E-state index contributed by atoms with van der Waals surface area (Å²) in [4.78, 5) is 4.00. The normalized spacial score (nSPS) is 22.2. The number of nitrogens with one attached hydrogen (secondary N) is 1. The van der Waals surface area contributed by atoms with Crippen molar-refractivity contribution >= 4 is 17.3 Å². The fourth-order valence-electron chi connectivity index (χ4n) is 1.45. The summed E-state index contributed by atoms with van der Waals surface area (Å²) >= 11 is 5.73. The highest BCUT2D eigenvalue weighted by molar-refractivity contribution is 6.31. The van der Waals surface area contributed by atoms with Crippen LogP contribution < -0.4 is 11.1 Å². The molecule has 0 bridgehead atoms. The Morgan fingerprint density at radius 3 is 3.14 bits per heavy atom. The number of nitrogens with two attached hydrogens (primary N) is 1. The molecule has 0 spiro atoms. The first-order chi connectivity index (χ1) is 6.77. The largest absolute Gasteiger partial charge is 0.396 e. The van der Waals surface area contributed by atoms with E-state index in [0.717, 1.165) is 18.7 Å². The van der Waals surface area contributed by atoms with Gasteiger partial charge in [0.2, 0.25) is 0 Å². The topological polar surface area (TPSA) is 60.2 Å². The van der Waals surface area contributed by atoms with Crippen molar-refractivity contribution in [3.05, 3.63) is 23.0 Å². The van der Waals surface area contributed by atoms with Gasteiger partial charge < -0.3 is 15.8 Å². The second kappa shape index (κ2) is 4.13. The van der Waals surface area contributed by atoms with Crippen molar-refractivity contribution in [2.45, 2.75) is 6.04 Å². The molecule has 0 aromatic carbocycles. The molecule has 4 nitrogen and oxygen atoms in total. The average Bonchev–Trinajstić information content (AvgIpc) is 2.23. The molecule has 1 atom stereocenters. The van der Waals surface area contributed by atoms with E-state index in [2.05, 4.69) is 10.3 Å². The Morgan fingerprint density at radius 1 is 1.64 bits per heavy atom. The molecular formula is C9H12ClN3O. The first-order valence-electron chi connectivity index (χ1n) is 4.49. The number of hydrogen-bond acceptors (Lipinski definition) is 4. The van der Waals surface area contributed by atoms with E-state index in [4.69, 9.17) is 22.1 Å². The second-order valence-corrected chi connectivity index (χ2v) is 3.59. The maximum absolute atomic E-state index is 5.73. The van der Waals surface area contributed by atoms with Gasteiger partial charge in [0.15, 0.2) is 5.15 Å². The highest BCUT2D eigenvalue weighted by Crippen LogP contribution is 2.21. The minimum Gasteiger partial charge on any atom is -0.396 e. The Hall–Kier alpha value is -0.840. The summed E-state index contributed by atoms with van der Waals surface area (Å²) in [5, 5.41) is 3.67. The lowest BCUT2D eigenvalue weighted by molar-refractivity contribution is 0.0768. The van der Waals surface area contributed by atoms with Crippen LogP contribution in [0.5, 0.6) is 0 Å². The van der Waals surface area contributed by atoms with Crippen LogP contribution in [0.4, 0.5) is 5.69 Å². The Kier molecular flexibility index (Phi) is 2.86. The molecule has 0 unspecified atom stereocenters. The van der Waals surface area contributed by atoms with Crippen LogP contribution in [0, 0.1) is 0 Å². The predicted octanol–water partition coefficient (Wildman–Crippen LogP) is 0.978. The summed E-state index contributed by atoms with van der Waals surface area (Å²) < 4.78 is 5.34. The van der Waals surface area contributed by atoms with Gasteiger partial charge in [-0.3, -0.25) is 0 Å². The number of nitrogens with zero attached hydrogens (tertiary/aromatic N) is 1. The first-order valence-corrected chi connectivity index (χ1v) is 4.87. The van der Waals surface area contributed by atoms with Crippen molar-refractivity contribution < 1.29 is 4.74 Å². The summed E-state index contributed by atoms with van der Waals surface area (Å²) in [5.74, 6) is 0. The maximum atomic E-state index is 5.73. The van der Waals surface area contributed by atoms with Crippen LogP contribution in [0.3, 0.4) is 0 Å². The number of ether oxygens (including phenoxy) is 1. The average molecular weight is 214 g/mol. The molecule has 2 heterocycles. The molecule has 0 saturated carbocycles. The zero-order valence-electron chi connectivity index (χ0n) is 7.66. The Balaban J connectivity index is 2.18. The SMILES string of the molecule is Nc1cc([C@H]2COCCN2)cnc1Cl. The summed E-state index contributed by atoms with van der Waals surface area (Å²) in [7, 11) is 0. The Morgan fingerprint density at radius 2 is 2.50 bits per heavy atom. The zero-order chi connectivity index (χ0) is 9.97. The van der Waals surface area contributed by atoms with Gasteiger partial charge in [-0.15, -0.1) is 0 Å².